The number of thiophene rings is 1. The van der Waals surface area contributed by atoms with Crippen molar-refractivity contribution in [1.29, 1.82) is 5.26 Å². The minimum absolute atomic E-state index is 0.119. The van der Waals surface area contributed by atoms with Crippen molar-refractivity contribution in [2.24, 2.45) is 0 Å². The van der Waals surface area contributed by atoms with Gasteiger partial charge in [0.1, 0.15) is 22.0 Å². The number of hydrogen-bond donors (Lipinski definition) is 0. The average Bonchev–Trinajstić information content (AvgIpc) is 3.27. The first-order valence-electron chi connectivity index (χ1n) is 10.4. The molecule has 34 heavy (non-hydrogen) atoms. The summed E-state index contributed by atoms with van der Waals surface area (Å²) >= 11 is 1.20. The molecule has 7 nitrogen and oxygen atoms in total. The van der Waals surface area contributed by atoms with E-state index in [4.69, 9.17) is 14.7 Å². The molecule has 0 bridgehead atoms. The van der Waals surface area contributed by atoms with Gasteiger partial charge in [0.25, 0.3) is 5.69 Å². The Morgan fingerprint density at radius 2 is 1.74 bits per heavy atom. The first-order chi connectivity index (χ1) is 16.1. The highest BCUT2D eigenvalue weighted by atomic mass is 32.1. The summed E-state index contributed by atoms with van der Waals surface area (Å²) in [5.41, 5.74) is 0.669. The Balaban J connectivity index is 1.77. The van der Waals surface area contributed by atoms with Crippen molar-refractivity contribution in [2.75, 3.05) is 0 Å². The first kappa shape index (κ1) is 23.0. The summed E-state index contributed by atoms with van der Waals surface area (Å²) in [6.07, 6.45) is 0. The van der Waals surface area contributed by atoms with Gasteiger partial charge in [-0.3, -0.25) is 10.1 Å². The van der Waals surface area contributed by atoms with Crippen LogP contribution in [0.1, 0.15) is 36.0 Å². The van der Waals surface area contributed by atoms with Gasteiger partial charge in [0.2, 0.25) is 0 Å². The van der Waals surface area contributed by atoms with E-state index in [1.165, 1.54) is 29.5 Å². The van der Waals surface area contributed by atoms with E-state index in [2.05, 4.69) is 6.07 Å². The van der Waals surface area contributed by atoms with E-state index in [1.54, 1.807) is 50.4 Å². The van der Waals surface area contributed by atoms with Gasteiger partial charge in [0, 0.05) is 23.3 Å². The lowest BCUT2D eigenvalue weighted by Crippen LogP contribution is -2.23. The molecule has 1 heterocycles. The summed E-state index contributed by atoms with van der Waals surface area (Å²) in [6.45, 7) is 5.33. The summed E-state index contributed by atoms with van der Waals surface area (Å²) in [5.74, 6) is 0.372. The fraction of sp³-hybridized carbons (Fsp3) is 0.154. The zero-order valence-corrected chi connectivity index (χ0v) is 19.5. The van der Waals surface area contributed by atoms with Crippen LogP contribution in [0.2, 0.25) is 0 Å². The van der Waals surface area contributed by atoms with E-state index < -0.39 is 16.5 Å². The van der Waals surface area contributed by atoms with Crippen molar-refractivity contribution in [3.8, 4) is 28.7 Å². The van der Waals surface area contributed by atoms with Gasteiger partial charge in [-0.15, -0.1) is 11.3 Å². The summed E-state index contributed by atoms with van der Waals surface area (Å²) < 4.78 is 11.7. The number of nitriles is 1. The van der Waals surface area contributed by atoms with Gasteiger partial charge in [0.15, 0.2) is 0 Å². The van der Waals surface area contributed by atoms with E-state index in [0.29, 0.717) is 33.1 Å². The molecule has 4 aromatic rings. The van der Waals surface area contributed by atoms with Gasteiger partial charge in [-0.05, 0) is 73.3 Å². The minimum atomic E-state index is -0.684. The number of benzene rings is 3. The third kappa shape index (κ3) is 4.90. The van der Waals surface area contributed by atoms with Crippen LogP contribution in [-0.2, 0) is 4.74 Å². The number of esters is 1. The van der Waals surface area contributed by atoms with Gasteiger partial charge < -0.3 is 9.47 Å². The molecular weight excluding hydrogens is 452 g/mol. The molecule has 0 fully saturated rings. The zero-order chi connectivity index (χ0) is 24.5. The molecular formula is C26H20N2O5S. The molecule has 0 aliphatic rings. The van der Waals surface area contributed by atoms with Crippen molar-refractivity contribution in [2.45, 2.75) is 26.4 Å². The molecule has 0 aliphatic carbocycles. The van der Waals surface area contributed by atoms with Crippen LogP contribution in [0.3, 0.4) is 0 Å². The second-order valence-corrected chi connectivity index (χ2v) is 9.46. The molecule has 0 radical (unpaired) electrons. The van der Waals surface area contributed by atoms with E-state index in [0.717, 1.165) is 10.8 Å². The third-order valence-corrected chi connectivity index (χ3v) is 5.78. The standard InChI is InChI=1S/C26H20N2O5S/c1-26(2,3)33-25(29)24-21(10-11-34-24)22-14-19(28(30)31)7-9-23(22)32-20-8-6-17-12-16(15-27)4-5-18(17)13-20/h4-14H,1-3H3. The van der Waals surface area contributed by atoms with Crippen molar-refractivity contribution < 1.29 is 19.2 Å². The highest BCUT2D eigenvalue weighted by Gasteiger charge is 2.25. The molecule has 1 aromatic heterocycles. The lowest BCUT2D eigenvalue weighted by Gasteiger charge is -2.19. The molecule has 0 saturated heterocycles. The van der Waals surface area contributed by atoms with E-state index in [1.807, 2.05) is 18.2 Å². The smallest absolute Gasteiger partial charge is 0.349 e. The number of carbonyl (C=O) groups excluding carboxylic acids is 1. The zero-order valence-electron chi connectivity index (χ0n) is 18.7. The number of carbonyl (C=O) groups is 1. The lowest BCUT2D eigenvalue weighted by molar-refractivity contribution is -0.384. The molecule has 3 aromatic carbocycles. The molecule has 8 heteroatoms. The topological polar surface area (TPSA) is 102 Å². The van der Waals surface area contributed by atoms with Crippen LogP contribution in [0, 0.1) is 21.4 Å². The highest BCUT2D eigenvalue weighted by Crippen LogP contribution is 2.40. The van der Waals surface area contributed by atoms with Crippen molar-refractivity contribution in [3.05, 3.63) is 86.6 Å². The number of fused-ring (bicyclic) bond motifs is 1. The summed E-state index contributed by atoms with van der Waals surface area (Å²) in [6, 6.07) is 18.9. The number of nitrogens with zero attached hydrogens (tertiary/aromatic N) is 2. The first-order valence-corrected chi connectivity index (χ1v) is 11.2. The second kappa shape index (κ2) is 8.96. The van der Waals surface area contributed by atoms with Crippen LogP contribution >= 0.6 is 11.3 Å². The van der Waals surface area contributed by atoms with Crippen LogP contribution in [0.15, 0.2) is 66.0 Å². The maximum Gasteiger partial charge on any atom is 0.349 e. The summed E-state index contributed by atoms with van der Waals surface area (Å²) in [4.78, 5) is 24.1. The summed E-state index contributed by atoms with van der Waals surface area (Å²) in [5, 5.41) is 24.1. The van der Waals surface area contributed by atoms with Crippen LogP contribution < -0.4 is 4.74 Å². The molecule has 0 aliphatic heterocycles. The van der Waals surface area contributed by atoms with Crippen LogP contribution in [0.4, 0.5) is 5.69 Å². The van der Waals surface area contributed by atoms with Crippen LogP contribution in [-0.4, -0.2) is 16.5 Å². The quantitative estimate of drug-likeness (QED) is 0.174. The van der Waals surface area contributed by atoms with Gasteiger partial charge >= 0.3 is 5.97 Å². The van der Waals surface area contributed by atoms with E-state index in [-0.39, 0.29) is 5.69 Å². The Kier molecular flexibility index (Phi) is 6.05. The summed E-state index contributed by atoms with van der Waals surface area (Å²) in [7, 11) is 0. The normalized spacial score (nSPS) is 11.1. The van der Waals surface area contributed by atoms with Gasteiger partial charge in [-0.25, -0.2) is 4.79 Å². The Morgan fingerprint density at radius 1 is 1.00 bits per heavy atom. The molecule has 0 saturated carbocycles. The number of hydrogen-bond acceptors (Lipinski definition) is 7. The number of rotatable bonds is 5. The number of nitro groups is 1. The maximum absolute atomic E-state index is 12.8. The molecule has 0 N–H and O–H groups in total. The molecule has 170 valence electrons. The van der Waals surface area contributed by atoms with Crippen LogP contribution in [0.5, 0.6) is 11.5 Å². The largest absolute Gasteiger partial charge is 0.457 e. The molecule has 0 unspecified atom stereocenters. The number of non-ortho nitro benzene ring substituents is 1. The Bertz CT molecular complexity index is 1460. The Hall–Kier alpha value is -4.22. The van der Waals surface area contributed by atoms with Crippen molar-refractivity contribution in [1.82, 2.24) is 0 Å². The lowest BCUT2D eigenvalue weighted by atomic mass is 10.0. The average molecular weight is 473 g/mol. The third-order valence-electron chi connectivity index (χ3n) is 4.88. The number of ether oxygens (including phenoxy) is 2. The highest BCUT2D eigenvalue weighted by molar-refractivity contribution is 7.12. The van der Waals surface area contributed by atoms with Crippen molar-refractivity contribution in [3.63, 3.8) is 0 Å². The molecule has 0 atom stereocenters. The maximum atomic E-state index is 12.8. The fourth-order valence-electron chi connectivity index (χ4n) is 3.42. The number of nitro benzene ring substituents is 1. The predicted molar refractivity (Wildman–Crippen MR) is 130 cm³/mol. The fourth-order valence-corrected chi connectivity index (χ4v) is 4.20. The van der Waals surface area contributed by atoms with Gasteiger partial charge in [0.05, 0.1) is 16.6 Å². The second-order valence-electron chi connectivity index (χ2n) is 8.54. The SMILES string of the molecule is CC(C)(C)OC(=O)c1sccc1-c1cc([N+](=O)[O-])ccc1Oc1ccc2cc(C#N)ccc2c1. The van der Waals surface area contributed by atoms with E-state index in [9.17, 15) is 14.9 Å². The molecule has 0 amide bonds. The van der Waals surface area contributed by atoms with Crippen molar-refractivity contribution >= 4 is 33.8 Å². The van der Waals surface area contributed by atoms with Gasteiger partial charge in [-0.2, -0.15) is 5.26 Å². The minimum Gasteiger partial charge on any atom is -0.457 e. The molecule has 0 spiro atoms. The molecule has 4 rings (SSSR count). The van der Waals surface area contributed by atoms with Crippen LogP contribution in [0.25, 0.3) is 21.9 Å². The van der Waals surface area contributed by atoms with Gasteiger partial charge in [-0.1, -0.05) is 12.1 Å². The van der Waals surface area contributed by atoms with E-state index >= 15 is 0 Å². The Labute approximate surface area is 199 Å². The Morgan fingerprint density at radius 3 is 2.44 bits per heavy atom. The monoisotopic (exact) mass is 472 g/mol. The predicted octanol–water partition coefficient (Wildman–Crippen LogP) is 7.10.